The van der Waals surface area contributed by atoms with Gasteiger partial charge in [0.1, 0.15) is 0 Å². The standard InChI is InChI=1S/C12H16BrNO2S/c1-8-4-10(6-11(13)5-8)12(15)14-7-9(2)17(3)16/h4-6,9H,7H2,1-3H3,(H,14,15). The van der Waals surface area contributed by atoms with Crippen molar-refractivity contribution in [3.05, 3.63) is 33.8 Å². The summed E-state index contributed by atoms with van der Waals surface area (Å²) < 4.78 is 12.0. The van der Waals surface area contributed by atoms with Crippen molar-refractivity contribution in [2.75, 3.05) is 12.8 Å². The first-order chi connectivity index (χ1) is 7.90. The molecule has 1 amide bonds. The van der Waals surface area contributed by atoms with Crippen LogP contribution in [0, 0.1) is 6.92 Å². The molecule has 94 valence electrons. The highest BCUT2D eigenvalue weighted by atomic mass is 79.9. The smallest absolute Gasteiger partial charge is 0.251 e. The molecule has 0 heterocycles. The number of hydrogen-bond donors (Lipinski definition) is 1. The summed E-state index contributed by atoms with van der Waals surface area (Å²) in [5, 5.41) is 2.75. The van der Waals surface area contributed by atoms with Crippen LogP contribution < -0.4 is 5.32 Å². The monoisotopic (exact) mass is 317 g/mol. The Kier molecular flexibility index (Phi) is 5.33. The summed E-state index contributed by atoms with van der Waals surface area (Å²) in [6.07, 6.45) is 1.64. The molecule has 1 N–H and O–H groups in total. The van der Waals surface area contributed by atoms with Crippen LogP contribution in [0.4, 0.5) is 0 Å². The van der Waals surface area contributed by atoms with Gasteiger partial charge >= 0.3 is 0 Å². The molecule has 2 atom stereocenters. The second-order valence-corrected chi connectivity index (χ2v) is 6.75. The van der Waals surface area contributed by atoms with Crippen molar-refractivity contribution in [1.82, 2.24) is 5.32 Å². The average Bonchev–Trinajstić information content (AvgIpc) is 2.23. The SMILES string of the molecule is Cc1cc(Br)cc(C(=O)NCC(C)S(C)=O)c1. The van der Waals surface area contributed by atoms with E-state index in [1.807, 2.05) is 26.0 Å². The molecule has 0 spiro atoms. The minimum atomic E-state index is -0.916. The molecule has 0 radical (unpaired) electrons. The van der Waals surface area contributed by atoms with E-state index in [0.29, 0.717) is 12.1 Å². The van der Waals surface area contributed by atoms with E-state index in [4.69, 9.17) is 0 Å². The molecule has 0 fully saturated rings. The first-order valence-corrected chi connectivity index (χ1v) is 7.69. The van der Waals surface area contributed by atoms with E-state index >= 15 is 0 Å². The Balaban J connectivity index is 2.67. The number of amides is 1. The molecule has 1 aromatic rings. The predicted octanol–water partition coefficient (Wildman–Crippen LogP) is 2.25. The van der Waals surface area contributed by atoms with Crippen molar-refractivity contribution >= 4 is 32.6 Å². The fraction of sp³-hybridized carbons (Fsp3) is 0.417. The summed E-state index contributed by atoms with van der Waals surface area (Å²) in [4.78, 5) is 11.8. The van der Waals surface area contributed by atoms with E-state index < -0.39 is 10.8 Å². The molecule has 0 aromatic heterocycles. The Hall–Kier alpha value is -0.680. The van der Waals surface area contributed by atoms with Gasteiger partial charge in [-0.05, 0) is 37.6 Å². The molecule has 0 saturated heterocycles. The Morgan fingerprint density at radius 2 is 2.12 bits per heavy atom. The van der Waals surface area contributed by atoms with E-state index in [0.717, 1.165) is 10.0 Å². The van der Waals surface area contributed by atoms with Crippen LogP contribution in [0.1, 0.15) is 22.8 Å². The average molecular weight is 318 g/mol. The molecule has 5 heteroatoms. The van der Waals surface area contributed by atoms with Gasteiger partial charge < -0.3 is 5.32 Å². The van der Waals surface area contributed by atoms with Crippen molar-refractivity contribution in [2.45, 2.75) is 19.1 Å². The van der Waals surface area contributed by atoms with Gasteiger partial charge in [0.15, 0.2) is 0 Å². The molecule has 0 aliphatic rings. The molecular formula is C12H16BrNO2S. The summed E-state index contributed by atoms with van der Waals surface area (Å²) in [6, 6.07) is 5.55. The largest absolute Gasteiger partial charge is 0.351 e. The second-order valence-electron chi connectivity index (χ2n) is 4.04. The summed E-state index contributed by atoms with van der Waals surface area (Å²) in [7, 11) is -0.916. The van der Waals surface area contributed by atoms with Crippen molar-refractivity contribution < 1.29 is 9.00 Å². The van der Waals surface area contributed by atoms with Gasteiger partial charge in [0.05, 0.1) is 0 Å². The molecule has 1 aromatic carbocycles. The zero-order valence-corrected chi connectivity index (χ0v) is 12.5. The molecule has 0 bridgehead atoms. The van der Waals surface area contributed by atoms with Crippen LogP contribution in [0.2, 0.25) is 0 Å². The van der Waals surface area contributed by atoms with Gasteiger partial charge in [-0.15, -0.1) is 0 Å². The van der Waals surface area contributed by atoms with Crippen LogP contribution in [0.5, 0.6) is 0 Å². The third-order valence-electron chi connectivity index (χ3n) is 2.42. The van der Waals surface area contributed by atoms with Gasteiger partial charge in [-0.3, -0.25) is 9.00 Å². The van der Waals surface area contributed by atoms with E-state index in [1.165, 1.54) is 0 Å². The molecule has 0 aliphatic heterocycles. The van der Waals surface area contributed by atoms with Crippen molar-refractivity contribution in [3.63, 3.8) is 0 Å². The highest BCUT2D eigenvalue weighted by Gasteiger charge is 2.10. The molecule has 2 unspecified atom stereocenters. The summed E-state index contributed by atoms with van der Waals surface area (Å²) in [5.74, 6) is -0.133. The highest BCUT2D eigenvalue weighted by molar-refractivity contribution is 9.10. The van der Waals surface area contributed by atoms with E-state index in [1.54, 1.807) is 12.3 Å². The molecule has 17 heavy (non-hydrogen) atoms. The zero-order valence-electron chi connectivity index (χ0n) is 10.1. The van der Waals surface area contributed by atoms with Gasteiger partial charge in [-0.25, -0.2) is 0 Å². The normalized spacial score (nSPS) is 14.1. The Morgan fingerprint density at radius 1 is 1.47 bits per heavy atom. The quantitative estimate of drug-likeness (QED) is 0.925. The number of carbonyl (C=O) groups is 1. The molecular weight excluding hydrogens is 302 g/mol. The van der Waals surface area contributed by atoms with Gasteiger partial charge in [-0.1, -0.05) is 15.9 Å². The molecule has 3 nitrogen and oxygen atoms in total. The predicted molar refractivity (Wildman–Crippen MR) is 74.7 cm³/mol. The third kappa shape index (κ3) is 4.60. The van der Waals surface area contributed by atoms with E-state index in [2.05, 4.69) is 21.2 Å². The second kappa shape index (κ2) is 6.31. The van der Waals surface area contributed by atoms with E-state index in [9.17, 15) is 9.00 Å². The lowest BCUT2D eigenvalue weighted by Gasteiger charge is -2.10. The summed E-state index contributed by atoms with van der Waals surface area (Å²) in [5.41, 5.74) is 1.64. The first-order valence-electron chi connectivity index (χ1n) is 5.27. The number of rotatable bonds is 4. The highest BCUT2D eigenvalue weighted by Crippen LogP contribution is 2.15. The molecule has 0 saturated carbocycles. The van der Waals surface area contributed by atoms with Crippen molar-refractivity contribution in [2.24, 2.45) is 0 Å². The number of hydrogen-bond acceptors (Lipinski definition) is 2. The maximum Gasteiger partial charge on any atom is 0.251 e. The molecule has 1 rings (SSSR count). The topological polar surface area (TPSA) is 46.2 Å². The minimum absolute atomic E-state index is 0.0350. The first kappa shape index (κ1) is 14.4. The maximum absolute atomic E-state index is 11.8. The fourth-order valence-corrected chi connectivity index (χ4v) is 2.25. The number of nitrogens with one attached hydrogen (secondary N) is 1. The van der Waals surface area contributed by atoms with Crippen LogP contribution in [0.25, 0.3) is 0 Å². The lowest BCUT2D eigenvalue weighted by Crippen LogP contribution is -2.32. The Bertz CT molecular complexity index is 428. The van der Waals surface area contributed by atoms with Crippen LogP contribution in [-0.2, 0) is 10.8 Å². The number of aryl methyl sites for hydroxylation is 1. The van der Waals surface area contributed by atoms with Gasteiger partial charge in [-0.2, -0.15) is 0 Å². The van der Waals surface area contributed by atoms with Gasteiger partial charge in [0.2, 0.25) is 0 Å². The lowest BCUT2D eigenvalue weighted by molar-refractivity contribution is 0.0954. The lowest BCUT2D eigenvalue weighted by atomic mass is 10.1. The number of benzene rings is 1. The fourth-order valence-electron chi connectivity index (χ4n) is 1.32. The van der Waals surface area contributed by atoms with Crippen molar-refractivity contribution in [1.29, 1.82) is 0 Å². The Morgan fingerprint density at radius 3 is 2.65 bits per heavy atom. The van der Waals surface area contributed by atoms with Crippen LogP contribution in [0.15, 0.2) is 22.7 Å². The van der Waals surface area contributed by atoms with Crippen LogP contribution >= 0.6 is 15.9 Å². The van der Waals surface area contributed by atoms with Crippen LogP contribution in [-0.4, -0.2) is 28.2 Å². The minimum Gasteiger partial charge on any atom is -0.351 e. The number of halogens is 1. The molecule has 0 aliphatic carbocycles. The number of carbonyl (C=O) groups excluding carboxylic acids is 1. The van der Waals surface area contributed by atoms with E-state index in [-0.39, 0.29) is 11.2 Å². The third-order valence-corrected chi connectivity index (χ3v) is 4.18. The zero-order chi connectivity index (χ0) is 13.0. The Labute approximate surface area is 113 Å². The van der Waals surface area contributed by atoms with Crippen LogP contribution in [0.3, 0.4) is 0 Å². The summed E-state index contributed by atoms with van der Waals surface area (Å²) in [6.45, 7) is 4.21. The van der Waals surface area contributed by atoms with Gasteiger partial charge in [0, 0.05) is 38.9 Å². The van der Waals surface area contributed by atoms with Crippen molar-refractivity contribution in [3.8, 4) is 0 Å². The summed E-state index contributed by atoms with van der Waals surface area (Å²) >= 11 is 3.36. The van der Waals surface area contributed by atoms with Gasteiger partial charge in [0.25, 0.3) is 5.91 Å². The maximum atomic E-state index is 11.8.